The van der Waals surface area contributed by atoms with E-state index in [-0.39, 0.29) is 29.7 Å². The Kier molecular flexibility index (Phi) is 4.02. The fourth-order valence-electron chi connectivity index (χ4n) is 4.25. The van der Waals surface area contributed by atoms with Gasteiger partial charge in [-0.2, -0.15) is 0 Å². The number of fused-ring (bicyclic) bond motifs is 1. The monoisotopic (exact) mass is 330 g/mol. The third kappa shape index (κ3) is 2.92. The number of carbonyl (C=O) groups excluding carboxylic acids is 2. The molecule has 0 aromatic heterocycles. The van der Waals surface area contributed by atoms with Gasteiger partial charge in [-0.1, -0.05) is 12.8 Å². The number of carbonyl (C=O) groups is 2. The first-order chi connectivity index (χ1) is 11.6. The van der Waals surface area contributed by atoms with Gasteiger partial charge in [0.05, 0.1) is 0 Å². The number of nitrogens with one attached hydrogen (secondary N) is 1. The molecule has 1 heterocycles. The van der Waals surface area contributed by atoms with Crippen LogP contribution in [0.4, 0.5) is 4.39 Å². The van der Waals surface area contributed by atoms with Crippen LogP contribution in [-0.4, -0.2) is 34.8 Å². The summed E-state index contributed by atoms with van der Waals surface area (Å²) in [4.78, 5) is 27.5. The lowest BCUT2D eigenvalue weighted by Crippen LogP contribution is -2.50. The van der Waals surface area contributed by atoms with Crippen molar-refractivity contribution in [3.05, 3.63) is 35.6 Å². The lowest BCUT2D eigenvalue weighted by atomic mass is 9.84. The number of benzene rings is 1. The van der Waals surface area contributed by atoms with Crippen LogP contribution in [-0.2, 0) is 4.79 Å². The van der Waals surface area contributed by atoms with E-state index in [1.165, 1.54) is 30.7 Å². The largest absolute Gasteiger partial charge is 0.352 e. The van der Waals surface area contributed by atoms with Crippen LogP contribution in [0.25, 0.3) is 0 Å². The summed E-state index contributed by atoms with van der Waals surface area (Å²) in [5.41, 5.74) is 0.465. The molecular weight excluding hydrogens is 307 g/mol. The molecule has 0 radical (unpaired) electrons. The molecule has 0 unspecified atom stereocenters. The standard InChI is InChI=1S/C19H23FN2O2/c20-14-7-5-12(6-8-14)19(24)22-16-4-2-1-3-13(16)11-17(22)18(23)21-15-9-10-15/h5-8,13,15-17H,1-4,9-11H2,(H,21,23)/t13-,16+,17-/m1/s1. The molecule has 2 amide bonds. The van der Waals surface area contributed by atoms with Crippen molar-refractivity contribution >= 4 is 11.8 Å². The van der Waals surface area contributed by atoms with Gasteiger partial charge < -0.3 is 10.2 Å². The highest BCUT2D eigenvalue weighted by Gasteiger charge is 2.48. The second kappa shape index (κ2) is 6.19. The van der Waals surface area contributed by atoms with Gasteiger partial charge in [-0.05, 0) is 62.3 Å². The van der Waals surface area contributed by atoms with Crippen molar-refractivity contribution in [1.82, 2.24) is 10.2 Å². The molecule has 3 fully saturated rings. The maximum Gasteiger partial charge on any atom is 0.254 e. The highest BCUT2D eigenvalue weighted by molar-refractivity contribution is 5.98. The Morgan fingerprint density at radius 2 is 1.75 bits per heavy atom. The van der Waals surface area contributed by atoms with Crippen molar-refractivity contribution < 1.29 is 14.0 Å². The Bertz CT molecular complexity index is 641. The zero-order valence-corrected chi connectivity index (χ0v) is 13.7. The summed E-state index contributed by atoms with van der Waals surface area (Å²) >= 11 is 0. The van der Waals surface area contributed by atoms with E-state index in [4.69, 9.17) is 0 Å². The summed E-state index contributed by atoms with van der Waals surface area (Å²) in [6.07, 6.45) is 7.17. The predicted molar refractivity (Wildman–Crippen MR) is 87.9 cm³/mol. The summed E-state index contributed by atoms with van der Waals surface area (Å²) in [7, 11) is 0. The Morgan fingerprint density at radius 3 is 2.46 bits per heavy atom. The third-order valence-electron chi connectivity index (χ3n) is 5.64. The minimum absolute atomic E-state index is 0.0117. The van der Waals surface area contributed by atoms with Gasteiger partial charge in [0.1, 0.15) is 11.9 Å². The zero-order chi connectivity index (χ0) is 16.7. The van der Waals surface area contributed by atoms with Crippen LogP contribution in [0, 0.1) is 11.7 Å². The van der Waals surface area contributed by atoms with E-state index < -0.39 is 0 Å². The highest BCUT2D eigenvalue weighted by Crippen LogP contribution is 2.40. The third-order valence-corrected chi connectivity index (χ3v) is 5.64. The van der Waals surface area contributed by atoms with Gasteiger partial charge in [-0.3, -0.25) is 9.59 Å². The Balaban J connectivity index is 1.60. The Hall–Kier alpha value is -1.91. The molecule has 2 saturated carbocycles. The van der Waals surface area contributed by atoms with E-state index in [2.05, 4.69) is 5.32 Å². The molecule has 4 rings (SSSR count). The van der Waals surface area contributed by atoms with Gasteiger partial charge in [0.2, 0.25) is 5.91 Å². The second-order valence-corrected chi connectivity index (χ2v) is 7.37. The number of amides is 2. The summed E-state index contributed by atoms with van der Waals surface area (Å²) in [5.74, 6) is -0.0904. The first kappa shape index (κ1) is 15.6. The van der Waals surface area contributed by atoms with Gasteiger partial charge in [0, 0.05) is 17.6 Å². The van der Waals surface area contributed by atoms with E-state index in [9.17, 15) is 14.0 Å². The molecular formula is C19H23FN2O2. The SMILES string of the molecule is O=C(NC1CC1)[C@H]1C[C@H]2CCCC[C@@H]2N1C(=O)c1ccc(F)cc1. The van der Waals surface area contributed by atoms with E-state index >= 15 is 0 Å². The van der Waals surface area contributed by atoms with Gasteiger partial charge in [-0.15, -0.1) is 0 Å². The van der Waals surface area contributed by atoms with Crippen LogP contribution >= 0.6 is 0 Å². The second-order valence-electron chi connectivity index (χ2n) is 7.37. The first-order valence-corrected chi connectivity index (χ1v) is 9.02. The molecule has 3 atom stereocenters. The summed E-state index contributed by atoms with van der Waals surface area (Å²) in [6.45, 7) is 0. The van der Waals surface area contributed by atoms with E-state index in [0.29, 0.717) is 17.5 Å². The minimum Gasteiger partial charge on any atom is -0.352 e. The number of likely N-dealkylation sites (tertiary alicyclic amines) is 1. The van der Waals surface area contributed by atoms with Crippen molar-refractivity contribution in [2.24, 2.45) is 5.92 Å². The molecule has 1 aromatic rings. The zero-order valence-electron chi connectivity index (χ0n) is 13.7. The van der Waals surface area contributed by atoms with Crippen LogP contribution < -0.4 is 5.32 Å². The molecule has 4 nitrogen and oxygen atoms in total. The Labute approximate surface area is 141 Å². The van der Waals surface area contributed by atoms with Crippen LogP contribution in [0.5, 0.6) is 0 Å². The maximum absolute atomic E-state index is 13.2. The molecule has 1 aliphatic heterocycles. The van der Waals surface area contributed by atoms with E-state index in [0.717, 1.165) is 38.5 Å². The highest BCUT2D eigenvalue weighted by atomic mass is 19.1. The Morgan fingerprint density at radius 1 is 1.04 bits per heavy atom. The predicted octanol–water partition coefficient (Wildman–Crippen LogP) is 2.88. The molecule has 3 aliphatic rings. The number of rotatable bonds is 3. The van der Waals surface area contributed by atoms with Gasteiger partial charge >= 0.3 is 0 Å². The smallest absolute Gasteiger partial charge is 0.254 e. The number of hydrogen-bond donors (Lipinski definition) is 1. The van der Waals surface area contributed by atoms with Gasteiger partial charge in [-0.25, -0.2) is 4.39 Å². The summed E-state index contributed by atoms with van der Waals surface area (Å²) < 4.78 is 13.2. The van der Waals surface area contributed by atoms with Gasteiger partial charge in [0.15, 0.2) is 0 Å². The van der Waals surface area contributed by atoms with Crippen molar-refractivity contribution in [2.75, 3.05) is 0 Å². The maximum atomic E-state index is 13.2. The van der Waals surface area contributed by atoms with Crippen LogP contribution in [0.3, 0.4) is 0 Å². The van der Waals surface area contributed by atoms with Crippen molar-refractivity contribution in [3.63, 3.8) is 0 Å². The summed E-state index contributed by atoms with van der Waals surface area (Å²) in [6, 6.07) is 5.71. The van der Waals surface area contributed by atoms with E-state index in [1.807, 2.05) is 0 Å². The molecule has 128 valence electrons. The van der Waals surface area contributed by atoms with Crippen LogP contribution in [0.15, 0.2) is 24.3 Å². The fraction of sp³-hybridized carbons (Fsp3) is 0.579. The lowest BCUT2D eigenvalue weighted by Gasteiger charge is -2.33. The van der Waals surface area contributed by atoms with Gasteiger partial charge in [0.25, 0.3) is 5.91 Å². The summed E-state index contributed by atoms with van der Waals surface area (Å²) in [5, 5.41) is 3.06. The number of halogens is 1. The molecule has 1 aromatic carbocycles. The van der Waals surface area contributed by atoms with Crippen molar-refractivity contribution in [1.29, 1.82) is 0 Å². The number of nitrogens with zero attached hydrogens (tertiary/aromatic N) is 1. The average molecular weight is 330 g/mol. The molecule has 1 saturated heterocycles. The fourth-order valence-corrected chi connectivity index (χ4v) is 4.25. The van der Waals surface area contributed by atoms with Crippen molar-refractivity contribution in [2.45, 2.75) is 63.1 Å². The minimum atomic E-state index is -0.378. The average Bonchev–Trinajstić information content (AvgIpc) is 3.31. The first-order valence-electron chi connectivity index (χ1n) is 9.02. The molecule has 0 spiro atoms. The lowest BCUT2D eigenvalue weighted by molar-refractivity contribution is -0.125. The quantitative estimate of drug-likeness (QED) is 0.926. The topological polar surface area (TPSA) is 49.4 Å². The van der Waals surface area contributed by atoms with Crippen molar-refractivity contribution in [3.8, 4) is 0 Å². The molecule has 2 aliphatic carbocycles. The van der Waals surface area contributed by atoms with Crippen LogP contribution in [0.2, 0.25) is 0 Å². The molecule has 1 N–H and O–H groups in total. The normalized spacial score (nSPS) is 29.2. The molecule has 5 heteroatoms. The molecule has 24 heavy (non-hydrogen) atoms. The van der Waals surface area contributed by atoms with E-state index in [1.54, 1.807) is 4.90 Å². The molecule has 0 bridgehead atoms. The van der Waals surface area contributed by atoms with Crippen LogP contribution in [0.1, 0.15) is 55.3 Å². The number of hydrogen-bond acceptors (Lipinski definition) is 2.